The zero-order valence-electron chi connectivity index (χ0n) is 71.4. The summed E-state index contributed by atoms with van der Waals surface area (Å²) in [4.78, 5) is 214. The molecule has 3 aliphatic rings. The van der Waals surface area contributed by atoms with E-state index in [0.717, 1.165) is 39.4 Å². The molecule has 3 aliphatic heterocycles. The number of rotatable bonds is 57. The SMILES string of the molecule is CC(=O)C[C@@H](C(=O)N[C@H](Cc1cnc[nH]1)C(=O)C[C@H](CC(=O)O)C(=O)CCCOCC(=O)C[C@H](CSC1CC(=O)N(CCCC(=O)CCCCCN2/C(=C/C=C/C=C/C3=[N+](C)c4ccc(C)cc4C3(C)C)C(C)(C)c3cc(S(=O)(=O)O)ccc32)C1=O)C(=O)NCCOCC(=O)C[C@@H](C(=O)N[C@H](Cc1cnc[nH]1)C(=O)C[C@H](CC(=O)O)C(N)=O)[C@H](C)O)[C@H](C)O. The van der Waals surface area contributed by atoms with Crippen molar-refractivity contribution < 1.29 is 119 Å². The summed E-state index contributed by atoms with van der Waals surface area (Å²) < 4.78 is 48.1. The number of aliphatic hydroxyl groups is 2. The standard InChI is InChI=1S/C87H115N11O24S2/c1-51-23-25-70-66(32-51)86(5,6)76(96(70)9)21-13-10-14-22-77-87(7,8)67-42-63(124(118,119)120)24-26-71(67)97(77)28-15-11-12-18-60(102)19-16-29-98-78(108)43-75(85(98)117)123-48-57(82(114)91-27-31-122-47-62(104)41-65(54(4)101)84(116)95-69(40-59-45-90-50-93-59)74(107)36-56(81(88)113)38-80(111)112)34-61(103)46-121-30-17-20-72(105)55(37-79(109)110)35-73(106)68(39-58-44-89-49-92-58)94-83(115)64(53(3)100)33-52(2)99/h10,13-14,21-26,32,42,44-45,49-50,53-57,64-65,68-69,75,100-101H,11-12,15-20,27-31,33-41,43,46-48H2,1-9H3,(H9-,88,89,90,91,92,93,94,95,109,110,111,112,113,114,115,116,118,119,120)/p+1/t53-,54-,55+,56+,57+,64+,65+,68+,69+,75?/m0/s1. The Hall–Kier alpha value is -10.7. The van der Waals surface area contributed by atoms with Crippen molar-refractivity contribution in [2.24, 2.45) is 35.3 Å². The van der Waals surface area contributed by atoms with E-state index >= 15 is 0 Å². The van der Waals surface area contributed by atoms with Crippen LogP contribution < -0.4 is 26.6 Å². The average Bonchev–Trinajstić information content (AvgIpc) is 1.60. The first-order valence-corrected chi connectivity index (χ1v) is 43.8. The van der Waals surface area contributed by atoms with Crippen molar-refractivity contribution >= 4 is 127 Å². The number of aliphatic carboxylic acids is 2. The molecular weight excluding hydrogens is 1650 g/mol. The lowest BCUT2D eigenvalue weighted by Crippen LogP contribution is -2.48. The number of aryl methyl sites for hydroxylation is 1. The molecular formula is C87H116N11O24S2+. The number of hydrogen-bond acceptors (Lipinski definition) is 25. The number of primary amides is 1. The highest BCUT2D eigenvalue weighted by Gasteiger charge is 2.45. The number of aliphatic hydroxyl groups excluding tert-OH is 2. The van der Waals surface area contributed by atoms with Gasteiger partial charge in [0.15, 0.2) is 28.8 Å². The molecule has 5 heterocycles. The molecule has 0 spiro atoms. The van der Waals surface area contributed by atoms with Crippen molar-refractivity contribution in [1.82, 2.24) is 40.8 Å². The Kier molecular flexibility index (Phi) is 37.9. The Balaban J connectivity index is 0.933. The van der Waals surface area contributed by atoms with E-state index in [-0.39, 0.29) is 106 Å². The number of ketones is 7. The zero-order chi connectivity index (χ0) is 91.5. The number of carboxylic acid groups (broad SMARTS) is 2. The molecule has 0 aliphatic carbocycles. The number of H-pyrrole nitrogens is 2. The van der Waals surface area contributed by atoms with Crippen LogP contribution in [0.2, 0.25) is 0 Å². The van der Waals surface area contributed by atoms with Gasteiger partial charge >= 0.3 is 11.9 Å². The maximum absolute atomic E-state index is 14.1. The van der Waals surface area contributed by atoms with Gasteiger partial charge in [0.2, 0.25) is 41.1 Å². The van der Waals surface area contributed by atoms with E-state index in [1.54, 1.807) is 6.07 Å². The number of thioether (sulfide) groups is 1. The third-order valence-corrected chi connectivity index (χ3v) is 24.6. The topological polar surface area (TPSA) is 539 Å². The second-order valence-corrected chi connectivity index (χ2v) is 35.6. The first-order valence-electron chi connectivity index (χ1n) is 41.3. The molecule has 0 saturated carbocycles. The number of fused-ring (bicyclic) bond motifs is 2. The number of aromatic nitrogens is 4. The molecule has 2 aromatic carbocycles. The number of nitrogens with zero attached hydrogens (tertiary/aromatic N) is 5. The molecule has 1 fully saturated rings. The normalized spacial score (nSPS) is 17.4. The third-order valence-electron chi connectivity index (χ3n) is 22.3. The molecule has 1 unspecified atom stereocenters. The fourth-order valence-corrected chi connectivity index (χ4v) is 17.2. The van der Waals surface area contributed by atoms with Gasteiger partial charge < -0.3 is 71.2 Å². The van der Waals surface area contributed by atoms with E-state index in [2.05, 4.69) is 97.5 Å². The summed E-state index contributed by atoms with van der Waals surface area (Å²) in [6.07, 6.45) is 9.61. The Labute approximate surface area is 724 Å². The molecule has 12 N–H and O–H groups in total. The van der Waals surface area contributed by atoms with Crippen molar-refractivity contribution in [3.05, 3.63) is 126 Å². The van der Waals surface area contributed by atoms with Crippen molar-refractivity contribution in [3.8, 4) is 0 Å². The summed E-state index contributed by atoms with van der Waals surface area (Å²) in [5.74, 6) is -18.3. The molecule has 37 heteroatoms. The van der Waals surface area contributed by atoms with Crippen LogP contribution in [0.25, 0.3) is 0 Å². The number of unbranched alkanes of at least 4 members (excludes halogenated alkanes) is 2. The summed E-state index contributed by atoms with van der Waals surface area (Å²) in [5, 5.41) is 46.8. The predicted octanol–water partition coefficient (Wildman–Crippen LogP) is 5.31. The van der Waals surface area contributed by atoms with E-state index in [9.17, 15) is 105 Å². The first-order chi connectivity index (χ1) is 58.5. The van der Waals surface area contributed by atoms with Crippen LogP contribution in [0.4, 0.5) is 11.4 Å². The molecule has 124 heavy (non-hydrogen) atoms. The number of amides is 6. The van der Waals surface area contributed by atoms with Crippen LogP contribution in [-0.2, 0) is 115 Å². The first kappa shape index (κ1) is 100. The Morgan fingerprint density at radius 2 is 1.23 bits per heavy atom. The van der Waals surface area contributed by atoms with Crippen LogP contribution in [0.15, 0.2) is 102 Å². The van der Waals surface area contributed by atoms with Crippen LogP contribution in [0.3, 0.4) is 0 Å². The van der Waals surface area contributed by atoms with Crippen molar-refractivity contribution in [3.63, 3.8) is 0 Å². The Morgan fingerprint density at radius 3 is 1.81 bits per heavy atom. The van der Waals surface area contributed by atoms with Crippen molar-refractivity contribution in [2.75, 3.05) is 63.8 Å². The minimum absolute atomic E-state index is 0.0620. The van der Waals surface area contributed by atoms with Crippen LogP contribution in [-0.4, -0.2) is 245 Å². The van der Waals surface area contributed by atoms with E-state index in [4.69, 9.17) is 15.2 Å². The number of nitrogens with two attached hydrogens (primary N) is 1. The lowest BCUT2D eigenvalue weighted by atomic mass is 9.81. The lowest BCUT2D eigenvalue weighted by molar-refractivity contribution is -0.401. The molecule has 7 rings (SSSR count). The summed E-state index contributed by atoms with van der Waals surface area (Å²) in [6, 6.07) is 8.28. The van der Waals surface area contributed by atoms with Crippen LogP contribution >= 0.6 is 11.8 Å². The largest absolute Gasteiger partial charge is 0.481 e. The van der Waals surface area contributed by atoms with Crippen molar-refractivity contribution in [1.29, 1.82) is 0 Å². The van der Waals surface area contributed by atoms with Gasteiger partial charge in [-0.1, -0.05) is 50.1 Å². The maximum Gasteiger partial charge on any atom is 0.304 e. The molecule has 0 bridgehead atoms. The van der Waals surface area contributed by atoms with Gasteiger partial charge in [0.25, 0.3) is 10.1 Å². The molecule has 4 aromatic rings. The minimum atomic E-state index is -4.51. The highest BCUT2D eigenvalue weighted by atomic mass is 32.2. The van der Waals surface area contributed by atoms with Crippen LogP contribution in [0.1, 0.15) is 179 Å². The number of carboxylic acids is 2. The van der Waals surface area contributed by atoms with Gasteiger partial charge in [-0.15, -0.1) is 11.8 Å². The summed E-state index contributed by atoms with van der Waals surface area (Å²) >= 11 is 0.948. The molecule has 35 nitrogen and oxygen atoms in total. The van der Waals surface area contributed by atoms with Gasteiger partial charge in [0, 0.05) is 167 Å². The van der Waals surface area contributed by atoms with Gasteiger partial charge in [-0.25, -0.2) is 9.97 Å². The van der Waals surface area contributed by atoms with Gasteiger partial charge in [-0.3, -0.25) is 76.6 Å². The summed E-state index contributed by atoms with van der Waals surface area (Å²) in [5.41, 5.74) is 12.3. The number of anilines is 1. The molecule has 10 atom stereocenters. The van der Waals surface area contributed by atoms with Gasteiger partial charge in [0.1, 0.15) is 37.6 Å². The number of allylic oxidation sites excluding steroid dienone is 6. The number of imide groups is 1. The molecule has 0 radical (unpaired) electrons. The molecule has 6 amide bonds. The molecule has 674 valence electrons. The average molecular weight is 1760 g/mol. The fourth-order valence-electron chi connectivity index (χ4n) is 15.4. The predicted molar refractivity (Wildman–Crippen MR) is 454 cm³/mol. The molecule has 2 aromatic heterocycles. The van der Waals surface area contributed by atoms with E-state index in [0.29, 0.717) is 42.8 Å². The highest BCUT2D eigenvalue weighted by Crippen LogP contribution is 2.49. The number of carbonyl (C=O) groups excluding carboxylic acids is 13. The van der Waals surface area contributed by atoms with E-state index < -0.39 is 208 Å². The third kappa shape index (κ3) is 29.5. The minimum Gasteiger partial charge on any atom is -0.481 e. The quantitative estimate of drug-likeness (QED) is 0.00877. The van der Waals surface area contributed by atoms with Crippen molar-refractivity contribution in [2.45, 2.75) is 216 Å². The smallest absolute Gasteiger partial charge is 0.304 e. The monoisotopic (exact) mass is 1760 g/mol. The second-order valence-electron chi connectivity index (χ2n) is 32.9. The number of ether oxygens (including phenoxy) is 2. The number of hydrogen-bond donors (Lipinski definition) is 11. The number of imidazole rings is 2. The van der Waals surface area contributed by atoms with Crippen LogP contribution in [0, 0.1) is 36.5 Å². The number of benzene rings is 2. The van der Waals surface area contributed by atoms with Gasteiger partial charge in [-0.2, -0.15) is 13.0 Å². The second kappa shape index (κ2) is 46.9. The van der Waals surface area contributed by atoms with Gasteiger partial charge in [-0.05, 0) is 103 Å². The van der Waals surface area contributed by atoms with E-state index in [1.807, 2.05) is 38.2 Å². The number of likely N-dealkylation sites (tertiary alicyclic amines) is 1. The zero-order valence-corrected chi connectivity index (χ0v) is 73.1. The number of carbonyl (C=O) groups is 15. The lowest BCUT2D eigenvalue weighted by Gasteiger charge is -2.27. The number of Topliss-reactive ketones (excluding diaryl/α,β-unsaturated/α-hetero) is 7. The summed E-state index contributed by atoms with van der Waals surface area (Å²) in [6.45, 7) is 12.6. The number of nitrogens with one attached hydrogen (secondary N) is 5. The number of aromatic amines is 2. The molecule has 1 saturated heterocycles. The summed E-state index contributed by atoms with van der Waals surface area (Å²) in [7, 11) is -2.46. The van der Waals surface area contributed by atoms with E-state index in [1.165, 1.54) is 69.1 Å². The van der Waals surface area contributed by atoms with Gasteiger partial charge in [0.05, 0.1) is 95.6 Å². The maximum atomic E-state index is 14.1. The Morgan fingerprint density at radius 1 is 0.653 bits per heavy atom. The Bertz CT molecular complexity index is 4800. The van der Waals surface area contributed by atoms with Crippen LogP contribution in [0.5, 0.6) is 0 Å². The highest BCUT2D eigenvalue weighted by molar-refractivity contribution is 8.00. The fraction of sp³-hybridized carbons (Fsp3) is 0.540.